The van der Waals surface area contributed by atoms with Crippen molar-refractivity contribution in [3.63, 3.8) is 0 Å². The highest BCUT2D eigenvalue weighted by Gasteiger charge is 2.31. The maximum Gasteiger partial charge on any atom is 0.446 e. The van der Waals surface area contributed by atoms with Gasteiger partial charge in [-0.2, -0.15) is 13.2 Å². The van der Waals surface area contributed by atoms with Gasteiger partial charge in [0.15, 0.2) is 0 Å². The Morgan fingerprint density at radius 1 is 1.07 bits per heavy atom. The van der Waals surface area contributed by atoms with E-state index in [2.05, 4.69) is 0 Å². The van der Waals surface area contributed by atoms with E-state index in [4.69, 9.17) is 0 Å². The molecular formula is C8H5F5S. The van der Waals surface area contributed by atoms with E-state index in [0.717, 1.165) is 6.07 Å². The third kappa shape index (κ3) is 2.87. The highest BCUT2D eigenvalue weighted by atomic mass is 32.2. The van der Waals surface area contributed by atoms with Crippen LogP contribution < -0.4 is 0 Å². The smallest absolute Gasteiger partial charge is 0.207 e. The van der Waals surface area contributed by atoms with Gasteiger partial charge in [-0.05, 0) is 36.4 Å². The Bertz CT molecular complexity index is 344. The lowest BCUT2D eigenvalue weighted by Crippen LogP contribution is -2.01. The number of aryl methyl sites for hydroxylation is 1. The zero-order valence-electron chi connectivity index (χ0n) is 6.95. The van der Waals surface area contributed by atoms with Crippen molar-refractivity contribution >= 4 is 11.8 Å². The Morgan fingerprint density at radius 3 is 2.14 bits per heavy atom. The quantitative estimate of drug-likeness (QED) is 0.519. The molecule has 0 unspecified atom stereocenters. The summed E-state index contributed by atoms with van der Waals surface area (Å²) in [5.41, 5.74) is -4.63. The highest BCUT2D eigenvalue weighted by molar-refractivity contribution is 8.00. The van der Waals surface area contributed by atoms with Crippen LogP contribution in [0, 0.1) is 18.6 Å². The highest BCUT2D eigenvalue weighted by Crippen LogP contribution is 2.38. The predicted molar refractivity (Wildman–Crippen MR) is 43.0 cm³/mol. The summed E-state index contributed by atoms with van der Waals surface area (Å²) in [6, 6.07) is 1.28. The van der Waals surface area contributed by atoms with Crippen LogP contribution in [0.15, 0.2) is 17.0 Å². The minimum atomic E-state index is -4.61. The standard InChI is InChI=1S/C8H5F5S/c1-4-2-6(10)7(3-5(4)9)14-8(11,12)13/h2-3H,1H3. The molecule has 1 aromatic carbocycles. The SMILES string of the molecule is Cc1cc(F)c(SC(F)(F)F)cc1F. The van der Waals surface area contributed by atoms with Crippen LogP contribution in [0.1, 0.15) is 5.56 Å². The molecule has 0 nitrogen and oxygen atoms in total. The van der Waals surface area contributed by atoms with Crippen molar-refractivity contribution < 1.29 is 22.0 Å². The van der Waals surface area contributed by atoms with Gasteiger partial charge in [-0.1, -0.05) is 0 Å². The first-order valence-electron chi connectivity index (χ1n) is 3.51. The van der Waals surface area contributed by atoms with Gasteiger partial charge >= 0.3 is 5.51 Å². The van der Waals surface area contributed by atoms with Crippen LogP contribution in [0.25, 0.3) is 0 Å². The Morgan fingerprint density at radius 2 is 1.64 bits per heavy atom. The number of benzene rings is 1. The number of hydrogen-bond donors (Lipinski definition) is 0. The predicted octanol–water partition coefficient (Wildman–Crippen LogP) is 3.89. The molecule has 0 saturated heterocycles. The summed E-state index contributed by atoms with van der Waals surface area (Å²) >= 11 is -0.665. The second-order valence-electron chi connectivity index (χ2n) is 2.58. The average Bonchev–Trinajstić information content (AvgIpc) is 1.97. The maximum absolute atomic E-state index is 12.9. The van der Waals surface area contributed by atoms with Gasteiger partial charge in [0.1, 0.15) is 11.6 Å². The molecule has 1 rings (SSSR count). The first-order chi connectivity index (χ1) is 6.29. The number of rotatable bonds is 1. The molecule has 6 heteroatoms. The molecule has 0 bridgehead atoms. The summed E-state index contributed by atoms with van der Waals surface area (Å²) in [6.07, 6.45) is 0. The number of hydrogen-bond acceptors (Lipinski definition) is 1. The van der Waals surface area contributed by atoms with E-state index in [0.29, 0.717) is 6.07 Å². The minimum absolute atomic E-state index is 0.0194. The van der Waals surface area contributed by atoms with Crippen LogP contribution >= 0.6 is 11.8 Å². The van der Waals surface area contributed by atoms with E-state index in [-0.39, 0.29) is 5.56 Å². The van der Waals surface area contributed by atoms with Crippen LogP contribution in [-0.4, -0.2) is 5.51 Å². The molecule has 0 radical (unpaired) electrons. The van der Waals surface area contributed by atoms with E-state index in [1.807, 2.05) is 0 Å². The van der Waals surface area contributed by atoms with Gasteiger partial charge in [0.25, 0.3) is 0 Å². The second kappa shape index (κ2) is 3.76. The van der Waals surface area contributed by atoms with E-state index in [9.17, 15) is 22.0 Å². The zero-order chi connectivity index (χ0) is 10.9. The van der Waals surface area contributed by atoms with Crippen molar-refractivity contribution in [1.29, 1.82) is 0 Å². The van der Waals surface area contributed by atoms with Crippen molar-refractivity contribution in [3.05, 3.63) is 29.3 Å². The van der Waals surface area contributed by atoms with Crippen molar-refractivity contribution in [1.82, 2.24) is 0 Å². The van der Waals surface area contributed by atoms with Gasteiger partial charge in [-0.15, -0.1) is 0 Å². The van der Waals surface area contributed by atoms with Crippen molar-refractivity contribution in [2.45, 2.75) is 17.3 Å². The van der Waals surface area contributed by atoms with E-state index in [1.54, 1.807) is 0 Å². The van der Waals surface area contributed by atoms with Gasteiger partial charge in [0, 0.05) is 0 Å². The van der Waals surface area contributed by atoms with Crippen LogP contribution in [0.2, 0.25) is 0 Å². The van der Waals surface area contributed by atoms with Gasteiger partial charge < -0.3 is 0 Å². The van der Waals surface area contributed by atoms with E-state index in [1.165, 1.54) is 6.92 Å². The maximum atomic E-state index is 12.9. The van der Waals surface area contributed by atoms with Gasteiger partial charge in [0.2, 0.25) is 0 Å². The summed E-state index contributed by atoms with van der Waals surface area (Å²) in [7, 11) is 0. The Hall–Kier alpha value is -0.780. The molecule has 14 heavy (non-hydrogen) atoms. The molecule has 0 N–H and O–H groups in total. The number of alkyl halides is 3. The Labute approximate surface area is 81.1 Å². The Balaban J connectivity index is 3.04. The lowest BCUT2D eigenvalue weighted by Gasteiger charge is -2.07. The lowest BCUT2D eigenvalue weighted by atomic mass is 10.2. The summed E-state index contributed by atoms with van der Waals surface area (Å²) in [5.74, 6) is -1.91. The average molecular weight is 228 g/mol. The van der Waals surface area contributed by atoms with Gasteiger partial charge in [-0.25, -0.2) is 8.78 Å². The lowest BCUT2D eigenvalue weighted by molar-refractivity contribution is -0.0329. The summed E-state index contributed by atoms with van der Waals surface area (Å²) < 4.78 is 61.1. The van der Waals surface area contributed by atoms with Crippen molar-refractivity contribution in [2.75, 3.05) is 0 Å². The summed E-state index contributed by atoms with van der Waals surface area (Å²) in [6.45, 7) is 1.28. The molecule has 78 valence electrons. The molecule has 0 aliphatic rings. The van der Waals surface area contributed by atoms with Crippen LogP contribution in [0.5, 0.6) is 0 Å². The molecule has 0 amide bonds. The van der Waals surface area contributed by atoms with Gasteiger partial charge in [-0.3, -0.25) is 0 Å². The molecule has 0 aliphatic carbocycles. The molecule has 0 aliphatic heterocycles. The number of thioether (sulfide) groups is 1. The monoisotopic (exact) mass is 228 g/mol. The first-order valence-corrected chi connectivity index (χ1v) is 4.32. The summed E-state index contributed by atoms with van der Waals surface area (Å²) in [4.78, 5) is -0.749. The fourth-order valence-electron chi connectivity index (χ4n) is 0.831. The number of halogens is 5. The van der Waals surface area contributed by atoms with Crippen LogP contribution in [-0.2, 0) is 0 Å². The largest absolute Gasteiger partial charge is 0.446 e. The van der Waals surface area contributed by atoms with Crippen LogP contribution in [0.3, 0.4) is 0 Å². The normalized spacial score (nSPS) is 11.9. The molecule has 0 spiro atoms. The molecule has 0 atom stereocenters. The fraction of sp³-hybridized carbons (Fsp3) is 0.250. The van der Waals surface area contributed by atoms with Crippen molar-refractivity contribution in [2.24, 2.45) is 0 Å². The third-order valence-electron chi connectivity index (χ3n) is 1.44. The molecule has 1 aromatic rings. The van der Waals surface area contributed by atoms with E-state index >= 15 is 0 Å². The second-order valence-corrected chi connectivity index (χ2v) is 3.69. The zero-order valence-corrected chi connectivity index (χ0v) is 7.77. The molecule has 0 saturated carbocycles. The van der Waals surface area contributed by atoms with Crippen molar-refractivity contribution in [3.8, 4) is 0 Å². The van der Waals surface area contributed by atoms with Crippen LogP contribution in [0.4, 0.5) is 22.0 Å². The summed E-state index contributed by atoms with van der Waals surface area (Å²) in [5, 5.41) is 0. The minimum Gasteiger partial charge on any atom is -0.207 e. The molecule has 0 heterocycles. The topological polar surface area (TPSA) is 0 Å². The molecule has 0 fully saturated rings. The fourth-order valence-corrected chi connectivity index (χ4v) is 1.40. The molecular weight excluding hydrogens is 223 g/mol. The molecule has 0 aromatic heterocycles. The Kier molecular flexibility index (Phi) is 3.04. The third-order valence-corrected chi connectivity index (χ3v) is 2.20. The van der Waals surface area contributed by atoms with Gasteiger partial charge in [0.05, 0.1) is 4.90 Å². The first kappa shape index (κ1) is 11.3. The van der Waals surface area contributed by atoms with E-state index < -0.39 is 33.8 Å².